The minimum atomic E-state index is -0.489. The van der Waals surface area contributed by atoms with Crippen LogP contribution in [0.4, 0.5) is 5.82 Å². The maximum absolute atomic E-state index is 11.0. The molecule has 4 heterocycles. The van der Waals surface area contributed by atoms with Crippen molar-refractivity contribution in [2.75, 3.05) is 32.0 Å². The first-order valence-corrected chi connectivity index (χ1v) is 12.7. The van der Waals surface area contributed by atoms with Crippen LogP contribution in [0.5, 0.6) is 0 Å². The lowest BCUT2D eigenvalue weighted by Gasteiger charge is -2.21. The van der Waals surface area contributed by atoms with Gasteiger partial charge in [-0.25, -0.2) is 9.97 Å². The Balaban J connectivity index is 0.000000192. The Kier molecular flexibility index (Phi) is 11.7. The Hall–Kier alpha value is -2.96. The number of likely N-dealkylation sites (N-methyl/N-ethyl adjacent to an activating group) is 1. The van der Waals surface area contributed by atoms with E-state index in [9.17, 15) is 14.4 Å². The first kappa shape index (κ1) is 28.3. The number of amides is 3. The molecule has 5 N–H and O–H groups in total. The second-order valence-corrected chi connectivity index (χ2v) is 9.69. The average Bonchev–Trinajstić information content (AvgIpc) is 3.29. The summed E-state index contributed by atoms with van der Waals surface area (Å²) < 4.78 is 0. The van der Waals surface area contributed by atoms with Crippen molar-refractivity contribution < 1.29 is 14.4 Å². The normalized spacial score (nSPS) is 14.9. The van der Waals surface area contributed by atoms with Gasteiger partial charge in [-0.2, -0.15) is 0 Å². The van der Waals surface area contributed by atoms with Crippen LogP contribution in [0.25, 0.3) is 0 Å². The number of fused-ring (bicyclic) bond motifs is 1. The van der Waals surface area contributed by atoms with Crippen LogP contribution in [0.1, 0.15) is 52.1 Å². The van der Waals surface area contributed by atoms with E-state index in [1.54, 1.807) is 12.3 Å². The van der Waals surface area contributed by atoms with E-state index < -0.39 is 11.8 Å². The molecule has 2 aliphatic heterocycles. The Morgan fingerprint density at radius 3 is 2.43 bits per heavy atom. The molecule has 0 atom stereocenters. The van der Waals surface area contributed by atoms with Crippen LogP contribution >= 0.6 is 23.6 Å². The summed E-state index contributed by atoms with van der Waals surface area (Å²) in [5.74, 6) is -0.446. The number of aryl methyl sites for hydroxylation is 1. The number of pyridine rings is 1. The van der Waals surface area contributed by atoms with Gasteiger partial charge in [0.2, 0.25) is 6.41 Å². The number of rotatable bonds is 4. The Labute approximate surface area is 215 Å². The summed E-state index contributed by atoms with van der Waals surface area (Å²) >= 11 is 5.92. The molecular formula is C23H33N7O3S2. The maximum atomic E-state index is 11.0. The van der Waals surface area contributed by atoms with Crippen molar-refractivity contribution in [3.8, 4) is 0 Å². The van der Waals surface area contributed by atoms with E-state index in [4.69, 9.17) is 11.5 Å². The fraction of sp³-hybridized carbons (Fsp3) is 0.478. The lowest BCUT2D eigenvalue weighted by Crippen LogP contribution is -2.28. The van der Waals surface area contributed by atoms with Gasteiger partial charge in [0, 0.05) is 43.7 Å². The number of likely N-dealkylation sites (tertiary alicyclic amines) is 1. The molecule has 1 saturated heterocycles. The van der Waals surface area contributed by atoms with Crippen molar-refractivity contribution in [3.63, 3.8) is 0 Å². The van der Waals surface area contributed by atoms with E-state index in [1.807, 2.05) is 17.9 Å². The SMILES string of the molecule is CCc1ccc(NC(=O)C(N)=S)nc1.CN1CCc2nc(C(N)=O)sc2C1.O=CN1CCCCC1. The van der Waals surface area contributed by atoms with Gasteiger partial charge in [-0.3, -0.25) is 14.4 Å². The van der Waals surface area contributed by atoms with Crippen LogP contribution in [-0.2, 0) is 29.0 Å². The molecule has 12 heteroatoms. The smallest absolute Gasteiger partial charge is 0.283 e. The molecule has 10 nitrogen and oxygen atoms in total. The maximum Gasteiger partial charge on any atom is 0.283 e. The zero-order chi connectivity index (χ0) is 25.8. The third-order valence-electron chi connectivity index (χ3n) is 5.37. The van der Waals surface area contributed by atoms with Gasteiger partial charge in [0.1, 0.15) is 5.82 Å². The van der Waals surface area contributed by atoms with E-state index >= 15 is 0 Å². The number of primary amides is 1. The van der Waals surface area contributed by atoms with Gasteiger partial charge in [-0.05, 0) is 44.4 Å². The molecule has 2 aromatic heterocycles. The third kappa shape index (κ3) is 9.67. The van der Waals surface area contributed by atoms with Gasteiger partial charge in [0.15, 0.2) is 10.00 Å². The zero-order valence-electron chi connectivity index (χ0n) is 20.2. The highest BCUT2D eigenvalue weighted by atomic mass is 32.1. The molecule has 0 saturated carbocycles. The molecule has 2 aliphatic rings. The Bertz CT molecular complexity index is 1010. The molecule has 2 aromatic rings. The lowest BCUT2D eigenvalue weighted by atomic mass is 10.1. The third-order valence-corrected chi connectivity index (χ3v) is 6.65. The fourth-order valence-corrected chi connectivity index (χ4v) is 4.43. The Morgan fingerprint density at radius 2 is 1.91 bits per heavy atom. The molecule has 0 aliphatic carbocycles. The van der Waals surface area contributed by atoms with Crippen molar-refractivity contribution in [1.29, 1.82) is 0 Å². The number of nitrogens with two attached hydrogens (primary N) is 2. The summed E-state index contributed by atoms with van der Waals surface area (Å²) in [4.78, 5) is 45.3. The number of thiazole rings is 1. The van der Waals surface area contributed by atoms with Gasteiger partial charge in [0.05, 0.1) is 5.69 Å². The molecular weight excluding hydrogens is 486 g/mol. The molecule has 35 heavy (non-hydrogen) atoms. The molecule has 0 unspecified atom stereocenters. The summed E-state index contributed by atoms with van der Waals surface area (Å²) in [7, 11) is 2.06. The minimum Gasteiger partial charge on any atom is -0.385 e. The second-order valence-electron chi connectivity index (χ2n) is 8.17. The van der Waals surface area contributed by atoms with Crippen molar-refractivity contribution in [2.24, 2.45) is 11.5 Å². The monoisotopic (exact) mass is 519 g/mol. The predicted molar refractivity (Wildman–Crippen MR) is 141 cm³/mol. The van der Waals surface area contributed by atoms with Crippen molar-refractivity contribution in [1.82, 2.24) is 19.8 Å². The summed E-state index contributed by atoms with van der Waals surface area (Å²) in [6, 6.07) is 3.61. The number of piperidine rings is 1. The first-order valence-electron chi connectivity index (χ1n) is 11.5. The Morgan fingerprint density at radius 1 is 1.20 bits per heavy atom. The summed E-state index contributed by atoms with van der Waals surface area (Å²) in [6.45, 7) is 5.88. The quantitative estimate of drug-likeness (QED) is 0.409. The summed E-state index contributed by atoms with van der Waals surface area (Å²) in [5, 5.41) is 2.92. The summed E-state index contributed by atoms with van der Waals surface area (Å²) in [5.41, 5.74) is 12.4. The lowest BCUT2D eigenvalue weighted by molar-refractivity contribution is -0.118. The van der Waals surface area contributed by atoms with Gasteiger partial charge in [0.25, 0.3) is 11.8 Å². The number of hydrogen-bond donors (Lipinski definition) is 3. The van der Waals surface area contributed by atoms with Crippen LogP contribution in [0.2, 0.25) is 0 Å². The molecule has 0 bridgehead atoms. The highest BCUT2D eigenvalue weighted by molar-refractivity contribution is 7.82. The fourth-order valence-electron chi connectivity index (χ4n) is 3.34. The molecule has 3 amide bonds. The van der Waals surface area contributed by atoms with Crippen molar-refractivity contribution >= 4 is 52.6 Å². The topological polar surface area (TPSA) is 148 Å². The van der Waals surface area contributed by atoms with E-state index in [0.717, 1.165) is 56.7 Å². The largest absolute Gasteiger partial charge is 0.385 e. The van der Waals surface area contributed by atoms with Crippen LogP contribution in [0.3, 0.4) is 0 Å². The predicted octanol–water partition coefficient (Wildman–Crippen LogP) is 1.73. The van der Waals surface area contributed by atoms with Crippen LogP contribution in [0.15, 0.2) is 18.3 Å². The molecule has 0 spiro atoms. The minimum absolute atomic E-state index is 0.189. The van der Waals surface area contributed by atoms with Crippen LogP contribution in [-0.4, -0.2) is 69.7 Å². The number of anilines is 1. The molecule has 190 valence electrons. The molecule has 1 fully saturated rings. The van der Waals surface area contributed by atoms with E-state index in [2.05, 4.69) is 39.5 Å². The van der Waals surface area contributed by atoms with Crippen molar-refractivity contribution in [2.45, 2.75) is 45.6 Å². The number of carbonyl (C=O) groups is 3. The number of carbonyl (C=O) groups excluding carboxylic acids is 3. The van der Waals surface area contributed by atoms with Gasteiger partial charge in [-0.15, -0.1) is 11.3 Å². The zero-order valence-corrected chi connectivity index (χ0v) is 21.8. The van der Waals surface area contributed by atoms with Crippen molar-refractivity contribution in [3.05, 3.63) is 39.5 Å². The van der Waals surface area contributed by atoms with E-state index in [1.165, 1.54) is 35.5 Å². The number of thiocarbonyl (C=S) groups is 1. The van der Waals surface area contributed by atoms with E-state index in [-0.39, 0.29) is 4.99 Å². The van der Waals surface area contributed by atoms with Crippen LogP contribution in [0, 0.1) is 0 Å². The van der Waals surface area contributed by atoms with E-state index in [0.29, 0.717) is 10.8 Å². The molecule has 0 aromatic carbocycles. The van der Waals surface area contributed by atoms with Gasteiger partial charge < -0.3 is 26.6 Å². The van der Waals surface area contributed by atoms with Gasteiger partial charge >= 0.3 is 0 Å². The molecule has 0 radical (unpaired) electrons. The van der Waals surface area contributed by atoms with Crippen LogP contribution < -0.4 is 16.8 Å². The summed E-state index contributed by atoms with van der Waals surface area (Å²) in [6.07, 6.45) is 8.17. The standard InChI is InChI=1S/C9H11N3OS.C8H11N3OS.C6H11NO/c1-2-6-3-4-7(11-5-6)12-9(13)8(10)14;1-11-3-2-5-6(4-11)13-8(10-5)7(9)12;8-6-7-4-2-1-3-5-7/h3-5H,2H2,1H3,(H2,10,14)(H,11,12,13);2-4H2,1H3,(H2,9,12);6H,1-5H2. The highest BCUT2D eigenvalue weighted by Crippen LogP contribution is 2.23. The number of aromatic nitrogens is 2. The second kappa shape index (κ2) is 14.4. The first-order chi connectivity index (χ1) is 16.7. The number of hydrogen-bond acceptors (Lipinski definition) is 8. The average molecular weight is 520 g/mol. The number of nitrogens with zero attached hydrogens (tertiary/aromatic N) is 4. The highest BCUT2D eigenvalue weighted by Gasteiger charge is 2.19. The number of nitrogens with one attached hydrogen (secondary N) is 1. The molecule has 4 rings (SSSR count). The van der Waals surface area contributed by atoms with Gasteiger partial charge in [-0.1, -0.05) is 25.2 Å².